The fraction of sp³-hybridized carbons (Fsp3) is 0.200. The zero-order chi connectivity index (χ0) is 13.5. The molecule has 100 valence electrons. The monoisotopic (exact) mass is 355 g/mol. The first-order valence-electron chi connectivity index (χ1n) is 6.08. The lowest BCUT2D eigenvalue weighted by atomic mass is 10.2. The fourth-order valence-corrected chi connectivity index (χ4v) is 3.08. The molecule has 2 aromatic carbocycles. The van der Waals surface area contributed by atoms with Crippen LogP contribution in [-0.2, 0) is 6.54 Å². The molecule has 0 aliphatic rings. The maximum atomic E-state index is 6.14. The zero-order valence-corrected chi connectivity index (χ0v) is 13.6. The molecule has 0 spiro atoms. The van der Waals surface area contributed by atoms with E-state index in [2.05, 4.69) is 51.6 Å². The maximum Gasteiger partial charge on any atom is 0.0451 e. The van der Waals surface area contributed by atoms with Crippen molar-refractivity contribution in [3.63, 3.8) is 0 Å². The number of halogens is 2. The highest BCUT2D eigenvalue weighted by atomic mass is 79.9. The van der Waals surface area contributed by atoms with E-state index in [4.69, 9.17) is 11.6 Å². The van der Waals surface area contributed by atoms with Crippen LogP contribution in [0.5, 0.6) is 0 Å². The Bertz CT molecular complexity index is 519. The molecule has 4 heteroatoms. The van der Waals surface area contributed by atoms with E-state index in [9.17, 15) is 0 Å². The third-order valence-corrected chi connectivity index (χ3v) is 4.49. The average molecular weight is 357 g/mol. The van der Waals surface area contributed by atoms with Crippen molar-refractivity contribution in [3.8, 4) is 0 Å². The van der Waals surface area contributed by atoms with E-state index >= 15 is 0 Å². The van der Waals surface area contributed by atoms with Crippen LogP contribution in [0, 0.1) is 0 Å². The molecule has 0 aromatic heterocycles. The lowest BCUT2D eigenvalue weighted by Gasteiger charge is -2.07. The third kappa shape index (κ3) is 5.19. The van der Waals surface area contributed by atoms with Crippen LogP contribution < -0.4 is 5.32 Å². The van der Waals surface area contributed by atoms with E-state index in [1.807, 2.05) is 30.0 Å². The molecule has 0 aliphatic carbocycles. The van der Waals surface area contributed by atoms with Gasteiger partial charge in [-0.05, 0) is 35.9 Å². The largest absolute Gasteiger partial charge is 0.312 e. The molecule has 1 N–H and O–H groups in total. The molecule has 0 fully saturated rings. The molecule has 0 unspecified atom stereocenters. The lowest BCUT2D eigenvalue weighted by Crippen LogP contribution is -2.16. The summed E-state index contributed by atoms with van der Waals surface area (Å²) in [4.78, 5) is 1.31. The molecule has 0 aliphatic heterocycles. The minimum Gasteiger partial charge on any atom is -0.312 e. The summed E-state index contributed by atoms with van der Waals surface area (Å²) < 4.78 is 1.06. The van der Waals surface area contributed by atoms with Gasteiger partial charge in [-0.25, -0.2) is 0 Å². The first kappa shape index (κ1) is 14.9. The average Bonchev–Trinajstić information content (AvgIpc) is 2.43. The van der Waals surface area contributed by atoms with Gasteiger partial charge in [0.05, 0.1) is 0 Å². The van der Waals surface area contributed by atoms with E-state index in [0.717, 1.165) is 33.9 Å². The summed E-state index contributed by atoms with van der Waals surface area (Å²) in [5.41, 5.74) is 1.13. The van der Waals surface area contributed by atoms with Crippen molar-refractivity contribution in [1.29, 1.82) is 0 Å². The Balaban J connectivity index is 1.71. The predicted molar refractivity (Wildman–Crippen MR) is 88.0 cm³/mol. The maximum absolute atomic E-state index is 6.14. The number of hydrogen-bond acceptors (Lipinski definition) is 2. The number of nitrogens with one attached hydrogen (secondary N) is 1. The van der Waals surface area contributed by atoms with Gasteiger partial charge in [0.2, 0.25) is 0 Å². The summed E-state index contributed by atoms with van der Waals surface area (Å²) in [5, 5.41) is 4.23. The van der Waals surface area contributed by atoms with Crippen LogP contribution in [0.3, 0.4) is 0 Å². The zero-order valence-electron chi connectivity index (χ0n) is 10.4. The van der Waals surface area contributed by atoms with Crippen LogP contribution >= 0.6 is 39.3 Å². The summed E-state index contributed by atoms with van der Waals surface area (Å²) in [7, 11) is 0. The molecule has 0 amide bonds. The molecular weight excluding hydrogens is 342 g/mol. The topological polar surface area (TPSA) is 12.0 Å². The van der Waals surface area contributed by atoms with Crippen molar-refractivity contribution < 1.29 is 0 Å². The van der Waals surface area contributed by atoms with E-state index in [-0.39, 0.29) is 0 Å². The normalized spacial score (nSPS) is 10.6. The highest BCUT2D eigenvalue weighted by Crippen LogP contribution is 2.21. The molecule has 0 radical (unpaired) electrons. The van der Waals surface area contributed by atoms with Gasteiger partial charge < -0.3 is 5.32 Å². The van der Waals surface area contributed by atoms with Gasteiger partial charge in [-0.1, -0.05) is 45.7 Å². The van der Waals surface area contributed by atoms with E-state index < -0.39 is 0 Å². The van der Waals surface area contributed by atoms with E-state index in [0.29, 0.717) is 0 Å². The molecule has 0 atom stereocenters. The number of thioether (sulfide) groups is 1. The number of rotatable bonds is 6. The standard InChI is InChI=1S/C15H15BrClNS/c16-13-6-7-15(17)12(10-13)11-18-8-9-19-14-4-2-1-3-5-14/h1-7,10,18H,8-9,11H2. The van der Waals surface area contributed by atoms with Gasteiger partial charge in [-0.2, -0.15) is 0 Å². The van der Waals surface area contributed by atoms with E-state index in [1.54, 1.807) is 0 Å². The molecule has 0 heterocycles. The van der Waals surface area contributed by atoms with Crippen molar-refractivity contribution in [2.45, 2.75) is 11.4 Å². The Kier molecular flexibility index (Phi) is 6.24. The first-order chi connectivity index (χ1) is 9.25. The quantitative estimate of drug-likeness (QED) is 0.578. The second kappa shape index (κ2) is 7.95. The molecule has 19 heavy (non-hydrogen) atoms. The van der Waals surface area contributed by atoms with Crippen LogP contribution in [0.15, 0.2) is 57.9 Å². The molecule has 2 rings (SSSR count). The predicted octanol–water partition coefficient (Wildman–Crippen LogP) is 4.98. The minimum atomic E-state index is 0.799. The van der Waals surface area contributed by atoms with E-state index in [1.165, 1.54) is 4.90 Å². The van der Waals surface area contributed by atoms with Gasteiger partial charge >= 0.3 is 0 Å². The van der Waals surface area contributed by atoms with Crippen LogP contribution in [0.2, 0.25) is 5.02 Å². The van der Waals surface area contributed by atoms with Gasteiger partial charge in [0.15, 0.2) is 0 Å². The Morgan fingerprint density at radius 3 is 2.68 bits per heavy atom. The molecule has 1 nitrogen and oxygen atoms in total. The van der Waals surface area contributed by atoms with Crippen molar-refractivity contribution in [3.05, 3.63) is 63.6 Å². The Morgan fingerprint density at radius 2 is 1.89 bits per heavy atom. The molecule has 2 aromatic rings. The summed E-state index contributed by atoms with van der Waals surface area (Å²) in [6.45, 7) is 1.76. The van der Waals surface area contributed by atoms with Crippen LogP contribution in [0.25, 0.3) is 0 Å². The summed E-state index contributed by atoms with van der Waals surface area (Å²) in [6.07, 6.45) is 0. The van der Waals surface area contributed by atoms with Crippen molar-refractivity contribution >= 4 is 39.3 Å². The van der Waals surface area contributed by atoms with Gasteiger partial charge in [0.25, 0.3) is 0 Å². The summed E-state index contributed by atoms with van der Waals surface area (Å²) in [5.74, 6) is 1.05. The van der Waals surface area contributed by atoms with Gasteiger partial charge in [-0.15, -0.1) is 11.8 Å². The van der Waals surface area contributed by atoms with Crippen molar-refractivity contribution in [2.24, 2.45) is 0 Å². The van der Waals surface area contributed by atoms with Crippen LogP contribution in [-0.4, -0.2) is 12.3 Å². The summed E-state index contributed by atoms with van der Waals surface area (Å²) >= 11 is 11.5. The Morgan fingerprint density at radius 1 is 1.11 bits per heavy atom. The number of hydrogen-bond donors (Lipinski definition) is 1. The van der Waals surface area contributed by atoms with Crippen molar-refractivity contribution in [1.82, 2.24) is 5.32 Å². The van der Waals surface area contributed by atoms with Gasteiger partial charge in [0, 0.05) is 33.2 Å². The van der Waals surface area contributed by atoms with Crippen molar-refractivity contribution in [2.75, 3.05) is 12.3 Å². The Hall–Kier alpha value is -0.480. The SMILES string of the molecule is Clc1ccc(Br)cc1CNCCSc1ccccc1. The highest BCUT2D eigenvalue weighted by Gasteiger charge is 2.00. The fourth-order valence-electron chi connectivity index (χ4n) is 1.66. The second-order valence-electron chi connectivity index (χ2n) is 4.07. The third-order valence-electron chi connectivity index (χ3n) is 2.61. The minimum absolute atomic E-state index is 0.799. The summed E-state index contributed by atoms with van der Waals surface area (Å²) in [6, 6.07) is 16.4. The molecule has 0 bridgehead atoms. The van der Waals surface area contributed by atoms with Crippen LogP contribution in [0.1, 0.15) is 5.56 Å². The molecule has 0 saturated carbocycles. The number of benzene rings is 2. The first-order valence-corrected chi connectivity index (χ1v) is 8.24. The smallest absolute Gasteiger partial charge is 0.0451 e. The highest BCUT2D eigenvalue weighted by molar-refractivity contribution is 9.10. The van der Waals surface area contributed by atoms with Gasteiger partial charge in [-0.3, -0.25) is 0 Å². The molecule has 0 saturated heterocycles. The van der Waals surface area contributed by atoms with Crippen LogP contribution in [0.4, 0.5) is 0 Å². The van der Waals surface area contributed by atoms with Gasteiger partial charge in [0.1, 0.15) is 0 Å². The Labute approximate surface area is 131 Å². The molecular formula is C15H15BrClNS. The second-order valence-corrected chi connectivity index (χ2v) is 6.57. The lowest BCUT2D eigenvalue weighted by molar-refractivity contribution is 0.732.